The Kier molecular flexibility index (Phi) is 3.83. The van der Waals surface area contributed by atoms with Crippen molar-refractivity contribution in [2.75, 3.05) is 0 Å². The van der Waals surface area contributed by atoms with E-state index in [-0.39, 0.29) is 17.9 Å². The standard InChI is InChI=1S/C14H16FNO3/c1-8-2-4-10(15)7-12(8)13(17)16-11-5-3-9(6-11)14(18)19/h2,4,7,9,11H,3,5-6H2,1H3,(H,16,17)(H,18,19)/t9-,11+/m0/s1. The van der Waals surface area contributed by atoms with Gasteiger partial charge in [0.2, 0.25) is 0 Å². The van der Waals surface area contributed by atoms with E-state index in [0.717, 1.165) is 0 Å². The fourth-order valence-electron chi connectivity index (χ4n) is 2.44. The molecule has 0 spiro atoms. The lowest BCUT2D eigenvalue weighted by Crippen LogP contribution is -2.33. The number of aryl methyl sites for hydroxylation is 1. The van der Waals surface area contributed by atoms with Crippen LogP contribution < -0.4 is 5.32 Å². The van der Waals surface area contributed by atoms with Crippen LogP contribution in [-0.2, 0) is 4.79 Å². The molecule has 0 heterocycles. The van der Waals surface area contributed by atoms with Gasteiger partial charge in [0.05, 0.1) is 5.92 Å². The van der Waals surface area contributed by atoms with Gasteiger partial charge in [-0.2, -0.15) is 0 Å². The van der Waals surface area contributed by atoms with Gasteiger partial charge in [0, 0.05) is 11.6 Å². The summed E-state index contributed by atoms with van der Waals surface area (Å²) in [5, 5.41) is 11.7. The minimum absolute atomic E-state index is 0.142. The molecule has 0 bridgehead atoms. The third-order valence-electron chi connectivity index (χ3n) is 3.56. The number of carbonyl (C=O) groups is 2. The van der Waals surface area contributed by atoms with Gasteiger partial charge >= 0.3 is 5.97 Å². The molecule has 0 aromatic heterocycles. The Morgan fingerprint density at radius 3 is 2.74 bits per heavy atom. The molecule has 5 heteroatoms. The Labute approximate surface area is 110 Å². The van der Waals surface area contributed by atoms with Gasteiger partial charge < -0.3 is 10.4 Å². The molecule has 4 nitrogen and oxygen atoms in total. The summed E-state index contributed by atoms with van der Waals surface area (Å²) in [6, 6.07) is 3.92. The van der Waals surface area contributed by atoms with Crippen LogP contribution in [0, 0.1) is 18.7 Å². The molecule has 0 aliphatic heterocycles. The van der Waals surface area contributed by atoms with Crippen molar-refractivity contribution in [3.05, 3.63) is 35.1 Å². The lowest BCUT2D eigenvalue weighted by atomic mass is 10.1. The fourth-order valence-corrected chi connectivity index (χ4v) is 2.44. The summed E-state index contributed by atoms with van der Waals surface area (Å²) in [7, 11) is 0. The van der Waals surface area contributed by atoms with E-state index < -0.39 is 11.8 Å². The van der Waals surface area contributed by atoms with E-state index in [0.29, 0.717) is 30.4 Å². The number of hydrogen-bond donors (Lipinski definition) is 2. The van der Waals surface area contributed by atoms with Gasteiger partial charge in [0.25, 0.3) is 5.91 Å². The first-order valence-corrected chi connectivity index (χ1v) is 6.27. The zero-order valence-corrected chi connectivity index (χ0v) is 10.6. The Morgan fingerprint density at radius 1 is 1.37 bits per heavy atom. The second-order valence-corrected chi connectivity index (χ2v) is 4.98. The lowest BCUT2D eigenvalue weighted by molar-refractivity contribution is -0.141. The Hall–Kier alpha value is -1.91. The number of rotatable bonds is 3. The topological polar surface area (TPSA) is 66.4 Å². The molecule has 1 aromatic carbocycles. The van der Waals surface area contributed by atoms with Gasteiger partial charge in [0.1, 0.15) is 5.82 Å². The van der Waals surface area contributed by atoms with Crippen molar-refractivity contribution in [1.82, 2.24) is 5.32 Å². The minimum atomic E-state index is -0.821. The zero-order chi connectivity index (χ0) is 14.0. The monoisotopic (exact) mass is 265 g/mol. The number of amides is 1. The van der Waals surface area contributed by atoms with Gasteiger partial charge in [-0.1, -0.05) is 6.07 Å². The summed E-state index contributed by atoms with van der Waals surface area (Å²) in [5.74, 6) is -2.00. The highest BCUT2D eigenvalue weighted by molar-refractivity contribution is 5.95. The van der Waals surface area contributed by atoms with Crippen LogP contribution in [0.15, 0.2) is 18.2 Å². The highest BCUT2D eigenvalue weighted by Crippen LogP contribution is 2.26. The average Bonchev–Trinajstić information content (AvgIpc) is 2.80. The summed E-state index contributed by atoms with van der Waals surface area (Å²) >= 11 is 0. The van der Waals surface area contributed by atoms with E-state index >= 15 is 0 Å². The van der Waals surface area contributed by atoms with Gasteiger partial charge in [-0.05, 0) is 43.9 Å². The average molecular weight is 265 g/mol. The van der Waals surface area contributed by atoms with Crippen molar-refractivity contribution in [1.29, 1.82) is 0 Å². The summed E-state index contributed by atoms with van der Waals surface area (Å²) in [5.41, 5.74) is 1.01. The molecule has 1 aliphatic carbocycles. The molecule has 0 radical (unpaired) electrons. The largest absolute Gasteiger partial charge is 0.481 e. The highest BCUT2D eigenvalue weighted by atomic mass is 19.1. The molecule has 1 amide bonds. The fraction of sp³-hybridized carbons (Fsp3) is 0.429. The summed E-state index contributed by atoms with van der Waals surface area (Å²) < 4.78 is 13.1. The minimum Gasteiger partial charge on any atom is -0.481 e. The van der Waals surface area contributed by atoms with E-state index in [1.165, 1.54) is 12.1 Å². The number of hydrogen-bond acceptors (Lipinski definition) is 2. The van der Waals surface area contributed by atoms with Crippen molar-refractivity contribution in [2.45, 2.75) is 32.2 Å². The molecule has 1 aromatic rings. The SMILES string of the molecule is Cc1ccc(F)cc1C(=O)N[C@@H]1CC[C@H](C(=O)O)C1. The van der Waals surface area contributed by atoms with Gasteiger partial charge in [-0.15, -0.1) is 0 Å². The van der Waals surface area contributed by atoms with E-state index in [4.69, 9.17) is 5.11 Å². The van der Waals surface area contributed by atoms with Crippen LogP contribution in [0.3, 0.4) is 0 Å². The predicted octanol–water partition coefficient (Wildman–Crippen LogP) is 2.12. The molecular formula is C14H16FNO3. The van der Waals surface area contributed by atoms with E-state index in [1.807, 2.05) is 0 Å². The van der Waals surface area contributed by atoms with Crippen molar-refractivity contribution in [3.63, 3.8) is 0 Å². The summed E-state index contributed by atoms with van der Waals surface area (Å²) in [4.78, 5) is 22.9. The molecule has 0 unspecified atom stereocenters. The molecule has 2 atom stereocenters. The molecule has 2 rings (SSSR count). The number of aliphatic carboxylic acids is 1. The van der Waals surface area contributed by atoms with Crippen molar-refractivity contribution < 1.29 is 19.1 Å². The van der Waals surface area contributed by atoms with E-state index in [9.17, 15) is 14.0 Å². The molecule has 1 aliphatic rings. The maximum Gasteiger partial charge on any atom is 0.306 e. The van der Waals surface area contributed by atoms with Gasteiger partial charge in [-0.3, -0.25) is 9.59 Å². The van der Waals surface area contributed by atoms with Crippen LogP contribution in [0.5, 0.6) is 0 Å². The molecule has 1 fully saturated rings. The quantitative estimate of drug-likeness (QED) is 0.879. The molecule has 1 saturated carbocycles. The third kappa shape index (κ3) is 3.10. The first-order chi connectivity index (χ1) is 8.97. The summed E-state index contributed by atoms with van der Waals surface area (Å²) in [6.07, 6.45) is 1.66. The highest BCUT2D eigenvalue weighted by Gasteiger charge is 2.30. The predicted molar refractivity (Wildman–Crippen MR) is 67.4 cm³/mol. The van der Waals surface area contributed by atoms with Crippen LogP contribution >= 0.6 is 0 Å². The normalized spacial score (nSPS) is 22.2. The first-order valence-electron chi connectivity index (χ1n) is 6.27. The van der Waals surface area contributed by atoms with Crippen LogP contribution in [0.25, 0.3) is 0 Å². The van der Waals surface area contributed by atoms with Gasteiger partial charge in [-0.25, -0.2) is 4.39 Å². The van der Waals surface area contributed by atoms with E-state index in [1.54, 1.807) is 13.0 Å². The Balaban J connectivity index is 2.02. The molecule has 2 N–H and O–H groups in total. The number of nitrogens with one attached hydrogen (secondary N) is 1. The maximum absolute atomic E-state index is 13.1. The second-order valence-electron chi connectivity index (χ2n) is 4.98. The van der Waals surface area contributed by atoms with Crippen LogP contribution in [0.2, 0.25) is 0 Å². The summed E-state index contributed by atoms with van der Waals surface area (Å²) in [6.45, 7) is 1.74. The maximum atomic E-state index is 13.1. The van der Waals surface area contributed by atoms with Crippen molar-refractivity contribution in [3.8, 4) is 0 Å². The number of benzene rings is 1. The number of halogens is 1. The smallest absolute Gasteiger partial charge is 0.306 e. The van der Waals surface area contributed by atoms with Crippen molar-refractivity contribution in [2.24, 2.45) is 5.92 Å². The number of carbonyl (C=O) groups excluding carboxylic acids is 1. The third-order valence-corrected chi connectivity index (χ3v) is 3.56. The van der Waals surface area contributed by atoms with Gasteiger partial charge in [0.15, 0.2) is 0 Å². The Bertz CT molecular complexity index is 515. The molecular weight excluding hydrogens is 249 g/mol. The van der Waals surface area contributed by atoms with Crippen LogP contribution in [-0.4, -0.2) is 23.0 Å². The molecule has 102 valence electrons. The van der Waals surface area contributed by atoms with Crippen molar-refractivity contribution >= 4 is 11.9 Å². The van der Waals surface area contributed by atoms with E-state index in [2.05, 4.69) is 5.32 Å². The number of carboxylic acids is 1. The molecule has 0 saturated heterocycles. The zero-order valence-electron chi connectivity index (χ0n) is 10.6. The second kappa shape index (κ2) is 5.38. The van der Waals surface area contributed by atoms with Crippen LogP contribution in [0.1, 0.15) is 35.2 Å². The Morgan fingerprint density at radius 2 is 2.11 bits per heavy atom. The lowest BCUT2D eigenvalue weighted by Gasteiger charge is -2.13. The molecule has 19 heavy (non-hydrogen) atoms. The number of carboxylic acid groups (broad SMARTS) is 1. The first kappa shape index (κ1) is 13.5. The van der Waals surface area contributed by atoms with Crippen LogP contribution in [0.4, 0.5) is 4.39 Å².